The third-order valence-electron chi connectivity index (χ3n) is 1.18. The first-order valence-corrected chi connectivity index (χ1v) is 2.70. The SMILES string of the molecule is [B]C1C=CC=CC1=C=O. The van der Waals surface area contributed by atoms with Gasteiger partial charge in [0.25, 0.3) is 0 Å². The maximum atomic E-state index is 10.0. The second kappa shape index (κ2) is 2.52. The van der Waals surface area contributed by atoms with Crippen LogP contribution in [0.4, 0.5) is 0 Å². The van der Waals surface area contributed by atoms with Gasteiger partial charge in [-0.2, -0.15) is 0 Å². The fourth-order valence-corrected chi connectivity index (χ4v) is 0.660. The van der Waals surface area contributed by atoms with Gasteiger partial charge in [-0.15, -0.1) is 0 Å². The van der Waals surface area contributed by atoms with Gasteiger partial charge < -0.3 is 0 Å². The Morgan fingerprint density at radius 2 is 2.33 bits per heavy atom. The molecular weight excluding hydrogens is 111 g/mol. The van der Waals surface area contributed by atoms with Crippen LogP contribution in [-0.2, 0) is 4.79 Å². The number of hydrogen-bond acceptors (Lipinski definition) is 1. The molecule has 0 N–H and O–H groups in total. The molecule has 0 aliphatic heterocycles. The summed E-state index contributed by atoms with van der Waals surface area (Å²) < 4.78 is 0. The van der Waals surface area contributed by atoms with E-state index < -0.39 is 0 Å². The van der Waals surface area contributed by atoms with Crippen molar-refractivity contribution in [2.45, 2.75) is 5.82 Å². The van der Waals surface area contributed by atoms with Crippen LogP contribution in [0.25, 0.3) is 0 Å². The Morgan fingerprint density at radius 1 is 1.56 bits per heavy atom. The average Bonchev–Trinajstić information content (AvgIpc) is 1.89. The quantitative estimate of drug-likeness (QED) is 0.338. The van der Waals surface area contributed by atoms with Crippen LogP contribution in [0.5, 0.6) is 0 Å². The van der Waals surface area contributed by atoms with Gasteiger partial charge in [-0.1, -0.05) is 18.2 Å². The first kappa shape index (κ1) is 6.12. The minimum absolute atomic E-state index is 0.257. The molecule has 0 aromatic carbocycles. The lowest BCUT2D eigenvalue weighted by atomic mass is 9.79. The zero-order chi connectivity index (χ0) is 6.69. The zero-order valence-corrected chi connectivity index (χ0v) is 4.87. The van der Waals surface area contributed by atoms with Crippen molar-refractivity contribution in [3.8, 4) is 0 Å². The minimum Gasteiger partial charge on any atom is -0.233 e. The van der Waals surface area contributed by atoms with Crippen LogP contribution in [0, 0.1) is 0 Å². The van der Waals surface area contributed by atoms with Gasteiger partial charge in [-0.05, 0) is 11.9 Å². The van der Waals surface area contributed by atoms with Gasteiger partial charge in [-0.3, -0.25) is 0 Å². The number of rotatable bonds is 0. The van der Waals surface area contributed by atoms with Gasteiger partial charge in [0.1, 0.15) is 5.94 Å². The van der Waals surface area contributed by atoms with E-state index in [-0.39, 0.29) is 5.82 Å². The van der Waals surface area contributed by atoms with Crippen LogP contribution in [0.15, 0.2) is 29.9 Å². The van der Waals surface area contributed by atoms with Crippen LogP contribution >= 0.6 is 0 Å². The summed E-state index contributed by atoms with van der Waals surface area (Å²) in [6, 6.07) is 0. The largest absolute Gasteiger partial charge is 0.233 e. The van der Waals surface area contributed by atoms with Crippen molar-refractivity contribution >= 4 is 13.8 Å². The Morgan fingerprint density at radius 3 is 2.78 bits per heavy atom. The fourth-order valence-electron chi connectivity index (χ4n) is 0.660. The van der Waals surface area contributed by atoms with E-state index in [1.54, 1.807) is 24.2 Å². The molecule has 1 rings (SSSR count). The van der Waals surface area contributed by atoms with E-state index in [0.29, 0.717) is 5.57 Å². The van der Waals surface area contributed by atoms with Gasteiger partial charge in [0.2, 0.25) is 0 Å². The van der Waals surface area contributed by atoms with E-state index >= 15 is 0 Å². The summed E-state index contributed by atoms with van der Waals surface area (Å²) in [6.07, 6.45) is 6.99. The summed E-state index contributed by atoms with van der Waals surface area (Å²) in [6.45, 7) is 0. The molecule has 0 bridgehead atoms. The van der Waals surface area contributed by atoms with Crippen molar-refractivity contribution in [1.82, 2.24) is 0 Å². The van der Waals surface area contributed by atoms with E-state index in [1.165, 1.54) is 0 Å². The molecule has 0 saturated heterocycles. The van der Waals surface area contributed by atoms with Crippen LogP contribution in [-0.4, -0.2) is 13.8 Å². The molecule has 0 spiro atoms. The molecule has 0 aromatic rings. The molecule has 0 saturated carbocycles. The van der Waals surface area contributed by atoms with Gasteiger partial charge >= 0.3 is 0 Å². The van der Waals surface area contributed by atoms with Crippen molar-refractivity contribution < 1.29 is 4.79 Å². The van der Waals surface area contributed by atoms with Crippen LogP contribution < -0.4 is 0 Å². The maximum absolute atomic E-state index is 10.0. The summed E-state index contributed by atoms with van der Waals surface area (Å²) >= 11 is 0. The highest BCUT2D eigenvalue weighted by molar-refractivity contribution is 6.16. The van der Waals surface area contributed by atoms with Crippen LogP contribution in [0.2, 0.25) is 5.82 Å². The normalized spacial score (nSPS) is 24.0. The number of hydrogen-bond donors (Lipinski definition) is 0. The minimum atomic E-state index is -0.257. The summed E-state index contributed by atoms with van der Waals surface area (Å²) in [7, 11) is 5.45. The Labute approximate surface area is 55.2 Å². The molecule has 2 heteroatoms. The van der Waals surface area contributed by atoms with Crippen LogP contribution in [0.1, 0.15) is 0 Å². The molecule has 0 amide bonds. The fraction of sp³-hybridized carbons (Fsp3) is 0.143. The topological polar surface area (TPSA) is 17.1 Å². The van der Waals surface area contributed by atoms with Gasteiger partial charge in [0.15, 0.2) is 0 Å². The average molecular weight is 116 g/mol. The lowest BCUT2D eigenvalue weighted by molar-refractivity contribution is 0.567. The van der Waals surface area contributed by atoms with E-state index in [1.807, 2.05) is 6.08 Å². The molecule has 42 valence electrons. The number of carbonyl (C=O) groups excluding carboxylic acids is 1. The van der Waals surface area contributed by atoms with Crippen molar-refractivity contribution in [1.29, 1.82) is 0 Å². The van der Waals surface area contributed by atoms with E-state index in [0.717, 1.165) is 0 Å². The van der Waals surface area contributed by atoms with Crippen molar-refractivity contribution in [3.63, 3.8) is 0 Å². The molecule has 1 nitrogen and oxygen atoms in total. The summed E-state index contributed by atoms with van der Waals surface area (Å²) in [5.74, 6) is 1.50. The lowest BCUT2D eigenvalue weighted by Gasteiger charge is -2.05. The van der Waals surface area contributed by atoms with Gasteiger partial charge in [0.05, 0.1) is 7.85 Å². The molecule has 0 fully saturated rings. The number of allylic oxidation sites excluding steroid dienone is 5. The Balaban J connectivity index is 2.90. The van der Waals surface area contributed by atoms with E-state index in [9.17, 15) is 4.79 Å². The molecule has 2 radical (unpaired) electrons. The summed E-state index contributed by atoms with van der Waals surface area (Å²) in [5, 5.41) is 0. The highest BCUT2D eigenvalue weighted by Crippen LogP contribution is 2.17. The molecule has 9 heavy (non-hydrogen) atoms. The second-order valence-electron chi connectivity index (χ2n) is 1.83. The molecule has 1 aliphatic carbocycles. The third-order valence-corrected chi connectivity index (χ3v) is 1.18. The van der Waals surface area contributed by atoms with Gasteiger partial charge in [0, 0.05) is 5.57 Å². The second-order valence-corrected chi connectivity index (χ2v) is 1.83. The van der Waals surface area contributed by atoms with Crippen LogP contribution in [0.3, 0.4) is 0 Å². The zero-order valence-electron chi connectivity index (χ0n) is 4.87. The highest BCUT2D eigenvalue weighted by Gasteiger charge is 2.03. The molecule has 1 aliphatic rings. The van der Waals surface area contributed by atoms with E-state index in [2.05, 4.69) is 0 Å². The van der Waals surface area contributed by atoms with Crippen molar-refractivity contribution in [2.75, 3.05) is 0 Å². The predicted molar refractivity (Wildman–Crippen MR) is 37.0 cm³/mol. The summed E-state index contributed by atoms with van der Waals surface area (Å²) in [4.78, 5) is 10.0. The molecule has 0 heterocycles. The monoisotopic (exact) mass is 116 g/mol. The van der Waals surface area contributed by atoms with Crippen molar-refractivity contribution in [2.24, 2.45) is 0 Å². The van der Waals surface area contributed by atoms with Gasteiger partial charge in [-0.25, -0.2) is 4.79 Å². The Kier molecular flexibility index (Phi) is 1.71. The first-order chi connectivity index (χ1) is 4.34. The first-order valence-electron chi connectivity index (χ1n) is 2.70. The Hall–Kier alpha value is -1.01. The molecule has 0 aromatic heterocycles. The smallest absolute Gasteiger partial charge is 0.127 e. The lowest BCUT2D eigenvalue weighted by Crippen LogP contribution is -1.93. The predicted octanol–water partition coefficient (Wildman–Crippen LogP) is 0.827. The van der Waals surface area contributed by atoms with Crippen molar-refractivity contribution in [3.05, 3.63) is 29.9 Å². The molecular formula is C7H5BO. The van der Waals surface area contributed by atoms with E-state index in [4.69, 9.17) is 7.85 Å². The maximum Gasteiger partial charge on any atom is 0.127 e. The molecule has 1 atom stereocenters. The highest BCUT2D eigenvalue weighted by atomic mass is 16.1. The summed E-state index contributed by atoms with van der Waals surface area (Å²) in [5.41, 5.74) is 0.512. The standard InChI is InChI=1S/C7H5BO/c8-7-4-2-1-3-6(7)5-9/h1-4,7H. The third kappa shape index (κ3) is 1.21. The Bertz CT molecular complexity index is 209. The molecule has 1 unspecified atom stereocenters.